The number of amides is 1. The summed E-state index contributed by atoms with van der Waals surface area (Å²) in [4.78, 5) is 27.1. The lowest BCUT2D eigenvalue weighted by Gasteiger charge is -2.27. The van der Waals surface area contributed by atoms with Crippen molar-refractivity contribution in [2.45, 2.75) is 25.0 Å². The van der Waals surface area contributed by atoms with Gasteiger partial charge in [-0.25, -0.2) is 4.39 Å². The lowest BCUT2D eigenvalue weighted by Crippen LogP contribution is -2.36. The highest BCUT2D eigenvalue weighted by Crippen LogP contribution is 2.41. The first-order valence-corrected chi connectivity index (χ1v) is 9.80. The van der Waals surface area contributed by atoms with Gasteiger partial charge in [-0.3, -0.25) is 9.59 Å². The van der Waals surface area contributed by atoms with Gasteiger partial charge in [0.25, 0.3) is 11.7 Å². The third kappa shape index (κ3) is 3.57. The normalized spacial score (nSPS) is 23.2. The minimum Gasteiger partial charge on any atom is -0.507 e. The van der Waals surface area contributed by atoms with Crippen LogP contribution in [0.2, 0.25) is 0 Å². The highest BCUT2D eigenvalue weighted by atomic mass is 19.1. The van der Waals surface area contributed by atoms with Gasteiger partial charge in [0.1, 0.15) is 17.3 Å². The van der Waals surface area contributed by atoms with Crippen molar-refractivity contribution in [3.05, 3.63) is 71.0 Å². The van der Waals surface area contributed by atoms with E-state index in [0.717, 1.165) is 12.8 Å². The van der Waals surface area contributed by atoms with Crippen LogP contribution in [0.25, 0.3) is 5.76 Å². The summed E-state index contributed by atoms with van der Waals surface area (Å²) in [7, 11) is 1.52. The van der Waals surface area contributed by atoms with Crippen LogP contribution < -0.4 is 4.74 Å². The fourth-order valence-electron chi connectivity index (χ4n) is 4.00. The Bertz CT molecular complexity index is 995. The van der Waals surface area contributed by atoms with Crippen LogP contribution in [0.15, 0.2) is 54.1 Å². The zero-order chi connectivity index (χ0) is 21.3. The lowest BCUT2D eigenvalue weighted by atomic mass is 9.94. The highest BCUT2D eigenvalue weighted by Gasteiger charge is 2.47. The van der Waals surface area contributed by atoms with Gasteiger partial charge >= 0.3 is 0 Å². The smallest absolute Gasteiger partial charge is 0.295 e. The molecule has 7 heteroatoms. The van der Waals surface area contributed by atoms with E-state index in [4.69, 9.17) is 9.47 Å². The molecule has 30 heavy (non-hydrogen) atoms. The van der Waals surface area contributed by atoms with Gasteiger partial charge in [0, 0.05) is 24.3 Å². The molecule has 2 aliphatic heterocycles. The summed E-state index contributed by atoms with van der Waals surface area (Å²) < 4.78 is 25.5. The molecule has 2 atom stereocenters. The van der Waals surface area contributed by atoms with Crippen LogP contribution in [0.5, 0.6) is 5.75 Å². The van der Waals surface area contributed by atoms with E-state index in [9.17, 15) is 19.1 Å². The monoisotopic (exact) mass is 411 g/mol. The van der Waals surface area contributed by atoms with Crippen molar-refractivity contribution in [2.24, 2.45) is 0 Å². The minimum absolute atomic E-state index is 0.131. The summed E-state index contributed by atoms with van der Waals surface area (Å²) in [6.07, 6.45) is 1.40. The van der Waals surface area contributed by atoms with Gasteiger partial charge in [0.15, 0.2) is 0 Å². The molecule has 0 radical (unpaired) electrons. The number of halogens is 1. The third-order valence-electron chi connectivity index (χ3n) is 5.53. The lowest BCUT2D eigenvalue weighted by molar-refractivity contribution is -0.140. The Morgan fingerprint density at radius 2 is 1.93 bits per heavy atom. The molecule has 2 aromatic carbocycles. The Balaban J connectivity index is 1.82. The number of aliphatic hydroxyl groups is 1. The van der Waals surface area contributed by atoms with Gasteiger partial charge < -0.3 is 19.5 Å². The maximum Gasteiger partial charge on any atom is 0.295 e. The van der Waals surface area contributed by atoms with Crippen molar-refractivity contribution >= 4 is 17.4 Å². The van der Waals surface area contributed by atoms with E-state index >= 15 is 0 Å². The Morgan fingerprint density at radius 1 is 1.20 bits per heavy atom. The number of aliphatic hydroxyl groups excluding tert-OH is 1. The van der Waals surface area contributed by atoms with Crippen LogP contribution in [-0.2, 0) is 14.3 Å². The van der Waals surface area contributed by atoms with Gasteiger partial charge in [0.2, 0.25) is 0 Å². The quantitative estimate of drug-likeness (QED) is 0.463. The van der Waals surface area contributed by atoms with Crippen LogP contribution in [0, 0.1) is 5.82 Å². The van der Waals surface area contributed by atoms with Gasteiger partial charge in [-0.15, -0.1) is 0 Å². The SMILES string of the molecule is COc1ccc(/C(O)=C2\C(=O)C(=O)N(CC3CCCO3)C2c2ccccc2F)cc1. The number of ketones is 1. The predicted octanol–water partition coefficient (Wildman–Crippen LogP) is 3.44. The van der Waals surface area contributed by atoms with Crippen LogP contribution in [-0.4, -0.2) is 48.1 Å². The first-order chi connectivity index (χ1) is 14.5. The molecule has 2 aromatic rings. The number of ether oxygens (including phenoxy) is 2. The molecular weight excluding hydrogens is 389 g/mol. The first kappa shape index (κ1) is 20.1. The van der Waals surface area contributed by atoms with Crippen molar-refractivity contribution in [1.82, 2.24) is 4.90 Å². The Kier molecular flexibility index (Phi) is 5.55. The summed E-state index contributed by atoms with van der Waals surface area (Å²) in [6.45, 7) is 0.744. The maximum absolute atomic E-state index is 14.7. The van der Waals surface area contributed by atoms with Crippen molar-refractivity contribution in [1.29, 1.82) is 0 Å². The van der Waals surface area contributed by atoms with E-state index in [2.05, 4.69) is 0 Å². The van der Waals surface area contributed by atoms with E-state index in [1.54, 1.807) is 30.3 Å². The van der Waals surface area contributed by atoms with E-state index in [0.29, 0.717) is 17.9 Å². The van der Waals surface area contributed by atoms with Crippen molar-refractivity contribution in [3.8, 4) is 5.75 Å². The summed E-state index contributed by atoms with van der Waals surface area (Å²) in [6, 6.07) is 11.4. The molecule has 2 saturated heterocycles. The van der Waals surface area contributed by atoms with E-state index in [1.165, 1.54) is 30.2 Å². The number of methoxy groups -OCH3 is 1. The Labute approximate surface area is 173 Å². The molecule has 0 spiro atoms. The third-order valence-corrected chi connectivity index (χ3v) is 5.53. The highest BCUT2D eigenvalue weighted by molar-refractivity contribution is 6.46. The molecule has 2 unspecified atom stereocenters. The fraction of sp³-hybridized carbons (Fsp3) is 0.304. The van der Waals surface area contributed by atoms with E-state index < -0.39 is 23.5 Å². The van der Waals surface area contributed by atoms with Gasteiger partial charge in [0.05, 0.1) is 24.8 Å². The average Bonchev–Trinajstić information content (AvgIpc) is 3.36. The molecule has 0 aliphatic carbocycles. The number of carbonyl (C=O) groups excluding carboxylic acids is 2. The molecule has 0 aromatic heterocycles. The van der Waals surface area contributed by atoms with Gasteiger partial charge in [-0.1, -0.05) is 18.2 Å². The number of rotatable bonds is 5. The molecule has 2 fully saturated rings. The predicted molar refractivity (Wildman–Crippen MR) is 107 cm³/mol. The van der Waals surface area contributed by atoms with Crippen molar-refractivity contribution in [2.75, 3.05) is 20.3 Å². The van der Waals surface area contributed by atoms with Crippen molar-refractivity contribution in [3.63, 3.8) is 0 Å². The maximum atomic E-state index is 14.7. The molecule has 156 valence electrons. The van der Waals surface area contributed by atoms with Crippen LogP contribution in [0.3, 0.4) is 0 Å². The number of hydrogen-bond donors (Lipinski definition) is 1. The number of benzene rings is 2. The summed E-state index contributed by atoms with van der Waals surface area (Å²) in [5.41, 5.74) is 0.366. The molecule has 6 nitrogen and oxygen atoms in total. The number of carbonyl (C=O) groups is 2. The Hall–Kier alpha value is -3.19. The molecule has 2 heterocycles. The average molecular weight is 411 g/mol. The van der Waals surface area contributed by atoms with Crippen LogP contribution in [0.4, 0.5) is 4.39 Å². The second-order valence-electron chi connectivity index (χ2n) is 7.34. The van der Waals surface area contributed by atoms with Crippen molar-refractivity contribution < 1.29 is 28.6 Å². The van der Waals surface area contributed by atoms with Gasteiger partial charge in [-0.2, -0.15) is 0 Å². The topological polar surface area (TPSA) is 76.1 Å². The molecular formula is C23H22FNO5. The number of nitrogens with zero attached hydrogens (tertiary/aromatic N) is 1. The Morgan fingerprint density at radius 3 is 2.57 bits per heavy atom. The van der Waals surface area contributed by atoms with Gasteiger partial charge in [-0.05, 0) is 43.2 Å². The number of Topliss-reactive ketones (excluding diaryl/α,β-unsaturated/α-hetero) is 1. The summed E-state index contributed by atoms with van der Waals surface area (Å²) in [5.74, 6) is -1.93. The molecule has 0 bridgehead atoms. The summed E-state index contributed by atoms with van der Waals surface area (Å²) in [5, 5.41) is 11.0. The molecule has 0 saturated carbocycles. The summed E-state index contributed by atoms with van der Waals surface area (Å²) >= 11 is 0. The second-order valence-corrected chi connectivity index (χ2v) is 7.34. The van der Waals surface area contributed by atoms with E-state index in [-0.39, 0.29) is 29.5 Å². The van der Waals surface area contributed by atoms with Crippen LogP contribution >= 0.6 is 0 Å². The standard InChI is InChI=1S/C23H22FNO5/c1-29-15-10-8-14(9-11-15)21(26)19-20(17-6-2-3-7-18(17)24)25(23(28)22(19)27)13-16-5-4-12-30-16/h2-3,6-11,16,20,26H,4-5,12-13H2,1H3/b21-19+. The van der Waals surface area contributed by atoms with Crippen LogP contribution in [0.1, 0.15) is 30.0 Å². The minimum atomic E-state index is -1.03. The molecule has 2 aliphatic rings. The fourth-order valence-corrected chi connectivity index (χ4v) is 4.00. The molecule has 1 amide bonds. The number of likely N-dealkylation sites (tertiary alicyclic amines) is 1. The second kappa shape index (κ2) is 8.28. The molecule has 4 rings (SSSR count). The largest absolute Gasteiger partial charge is 0.507 e. The zero-order valence-corrected chi connectivity index (χ0v) is 16.5. The first-order valence-electron chi connectivity index (χ1n) is 9.80. The number of hydrogen-bond acceptors (Lipinski definition) is 5. The molecule has 1 N–H and O–H groups in total. The zero-order valence-electron chi connectivity index (χ0n) is 16.5. The van der Waals surface area contributed by atoms with E-state index in [1.807, 2.05) is 0 Å².